The first-order chi connectivity index (χ1) is 11.1. The summed E-state index contributed by atoms with van der Waals surface area (Å²) in [6.45, 7) is 2.78. The van der Waals surface area contributed by atoms with Crippen LogP contribution in [-0.2, 0) is 16.1 Å². The Morgan fingerprint density at radius 3 is 2.65 bits per heavy atom. The lowest BCUT2D eigenvalue weighted by Gasteiger charge is -2.30. The Morgan fingerprint density at radius 2 is 1.96 bits per heavy atom. The molecule has 23 heavy (non-hydrogen) atoms. The van der Waals surface area contributed by atoms with Gasteiger partial charge in [-0.1, -0.05) is 18.2 Å². The van der Waals surface area contributed by atoms with Gasteiger partial charge in [0.15, 0.2) is 0 Å². The maximum absolute atomic E-state index is 12.3. The van der Waals surface area contributed by atoms with Gasteiger partial charge >= 0.3 is 5.97 Å². The van der Waals surface area contributed by atoms with E-state index in [-0.39, 0.29) is 18.4 Å². The van der Waals surface area contributed by atoms with Crippen LogP contribution < -0.4 is 10.2 Å². The molecule has 1 aliphatic rings. The molecule has 1 N–H and O–H groups in total. The zero-order chi connectivity index (χ0) is 16.4. The third-order valence-corrected chi connectivity index (χ3v) is 3.89. The lowest BCUT2D eigenvalue weighted by atomic mass is 10.1. The summed E-state index contributed by atoms with van der Waals surface area (Å²) in [4.78, 5) is 25.5. The van der Waals surface area contributed by atoms with Crippen LogP contribution in [0.15, 0.2) is 42.5 Å². The summed E-state index contributed by atoms with van der Waals surface area (Å²) in [5.74, 6) is -0.339. The van der Waals surface area contributed by atoms with Crippen molar-refractivity contribution in [2.45, 2.75) is 13.5 Å². The van der Waals surface area contributed by atoms with Crippen molar-refractivity contribution in [2.75, 3.05) is 23.9 Å². The van der Waals surface area contributed by atoms with E-state index in [2.05, 4.69) is 10.1 Å². The van der Waals surface area contributed by atoms with Gasteiger partial charge in [0.2, 0.25) is 5.91 Å². The second-order valence-corrected chi connectivity index (χ2v) is 5.54. The lowest BCUT2D eigenvalue weighted by Crippen LogP contribution is -2.39. The van der Waals surface area contributed by atoms with Gasteiger partial charge in [0.1, 0.15) is 0 Å². The smallest absolute Gasteiger partial charge is 0.337 e. The molecule has 2 aromatic rings. The molecular formula is C18H18N2O3. The first-order valence-electron chi connectivity index (χ1n) is 7.40. The van der Waals surface area contributed by atoms with Crippen LogP contribution in [0.2, 0.25) is 0 Å². The standard InChI is InChI=1S/C18H18N2O3/c1-12-3-8-16-15(9-12)19-10-17(21)20(16)11-13-4-6-14(7-5-13)18(22)23-2/h3-9,19H,10-11H2,1-2H3. The molecule has 1 heterocycles. The van der Waals surface area contributed by atoms with Crippen molar-refractivity contribution in [2.24, 2.45) is 0 Å². The van der Waals surface area contributed by atoms with E-state index in [1.807, 2.05) is 37.3 Å². The zero-order valence-corrected chi connectivity index (χ0v) is 13.1. The first-order valence-corrected chi connectivity index (χ1v) is 7.40. The molecule has 2 aromatic carbocycles. The normalized spacial score (nSPS) is 13.3. The van der Waals surface area contributed by atoms with Crippen molar-refractivity contribution < 1.29 is 14.3 Å². The molecule has 0 fully saturated rings. The Balaban J connectivity index is 1.85. The summed E-state index contributed by atoms with van der Waals surface area (Å²) >= 11 is 0. The molecule has 118 valence electrons. The van der Waals surface area contributed by atoms with Crippen LogP contribution in [0.3, 0.4) is 0 Å². The quantitative estimate of drug-likeness (QED) is 0.886. The number of aryl methyl sites for hydroxylation is 1. The Morgan fingerprint density at radius 1 is 1.22 bits per heavy atom. The average Bonchev–Trinajstić information content (AvgIpc) is 2.57. The molecule has 0 saturated heterocycles. The molecule has 0 radical (unpaired) electrons. The summed E-state index contributed by atoms with van der Waals surface area (Å²) in [5.41, 5.74) is 4.45. The Hall–Kier alpha value is -2.82. The number of fused-ring (bicyclic) bond motifs is 1. The molecule has 5 heteroatoms. The van der Waals surface area contributed by atoms with Gasteiger partial charge in [-0.25, -0.2) is 4.79 Å². The number of carbonyl (C=O) groups is 2. The minimum Gasteiger partial charge on any atom is -0.465 e. The molecule has 0 spiro atoms. The van der Waals surface area contributed by atoms with Gasteiger partial charge in [0, 0.05) is 0 Å². The predicted molar refractivity (Wildman–Crippen MR) is 88.6 cm³/mol. The van der Waals surface area contributed by atoms with Crippen molar-refractivity contribution in [1.29, 1.82) is 0 Å². The van der Waals surface area contributed by atoms with Gasteiger partial charge in [-0.05, 0) is 42.3 Å². The Kier molecular flexibility index (Phi) is 4.02. The number of anilines is 2. The molecule has 0 aromatic heterocycles. The molecule has 0 unspecified atom stereocenters. The molecule has 5 nitrogen and oxygen atoms in total. The maximum atomic E-state index is 12.3. The number of carbonyl (C=O) groups excluding carboxylic acids is 2. The van der Waals surface area contributed by atoms with Crippen LogP contribution in [0.25, 0.3) is 0 Å². The van der Waals surface area contributed by atoms with Gasteiger partial charge in [-0.2, -0.15) is 0 Å². The van der Waals surface area contributed by atoms with Gasteiger partial charge in [-0.3, -0.25) is 4.79 Å². The number of nitrogens with zero attached hydrogens (tertiary/aromatic N) is 1. The van der Waals surface area contributed by atoms with E-state index in [4.69, 9.17) is 0 Å². The summed E-state index contributed by atoms with van der Waals surface area (Å²) in [6.07, 6.45) is 0. The number of nitrogens with one attached hydrogen (secondary N) is 1. The fourth-order valence-electron chi connectivity index (χ4n) is 2.65. The average molecular weight is 310 g/mol. The summed E-state index contributed by atoms with van der Waals surface area (Å²) in [5, 5.41) is 3.15. The van der Waals surface area contributed by atoms with Crippen LogP contribution in [0.5, 0.6) is 0 Å². The zero-order valence-electron chi connectivity index (χ0n) is 13.1. The molecular weight excluding hydrogens is 292 g/mol. The van der Waals surface area contributed by atoms with Gasteiger partial charge in [0.25, 0.3) is 0 Å². The third-order valence-electron chi connectivity index (χ3n) is 3.89. The van der Waals surface area contributed by atoms with Crippen LogP contribution in [0, 0.1) is 6.92 Å². The summed E-state index contributed by atoms with van der Waals surface area (Å²) < 4.78 is 4.69. The van der Waals surface area contributed by atoms with Crippen molar-refractivity contribution in [3.8, 4) is 0 Å². The number of hydrogen-bond donors (Lipinski definition) is 1. The number of ether oxygens (including phenoxy) is 1. The monoisotopic (exact) mass is 310 g/mol. The molecule has 0 aliphatic carbocycles. The van der Waals surface area contributed by atoms with Crippen molar-refractivity contribution in [3.63, 3.8) is 0 Å². The van der Waals surface area contributed by atoms with Crippen LogP contribution >= 0.6 is 0 Å². The Bertz CT molecular complexity index is 753. The maximum Gasteiger partial charge on any atom is 0.337 e. The van der Waals surface area contributed by atoms with Gasteiger partial charge < -0.3 is 15.0 Å². The van der Waals surface area contributed by atoms with E-state index in [9.17, 15) is 9.59 Å². The number of rotatable bonds is 3. The van der Waals surface area contributed by atoms with E-state index >= 15 is 0 Å². The lowest BCUT2D eigenvalue weighted by molar-refractivity contribution is -0.117. The van der Waals surface area contributed by atoms with Gasteiger partial charge in [-0.15, -0.1) is 0 Å². The van der Waals surface area contributed by atoms with E-state index < -0.39 is 0 Å². The third kappa shape index (κ3) is 3.04. The highest BCUT2D eigenvalue weighted by molar-refractivity contribution is 6.02. The second-order valence-electron chi connectivity index (χ2n) is 5.54. The fraction of sp³-hybridized carbons (Fsp3) is 0.222. The van der Waals surface area contributed by atoms with Crippen molar-refractivity contribution in [1.82, 2.24) is 0 Å². The Labute approximate surface area is 134 Å². The number of amides is 1. The number of hydrogen-bond acceptors (Lipinski definition) is 4. The first kappa shape index (κ1) is 15.1. The highest BCUT2D eigenvalue weighted by atomic mass is 16.5. The molecule has 0 bridgehead atoms. The van der Waals surface area contributed by atoms with Crippen molar-refractivity contribution in [3.05, 3.63) is 59.2 Å². The SMILES string of the molecule is COC(=O)c1ccc(CN2C(=O)CNc3cc(C)ccc32)cc1. The summed E-state index contributed by atoms with van der Waals surface area (Å²) in [7, 11) is 1.36. The van der Waals surface area contributed by atoms with Gasteiger partial charge in [0.05, 0.1) is 37.1 Å². The minimum atomic E-state index is -0.365. The van der Waals surface area contributed by atoms with Crippen LogP contribution in [-0.4, -0.2) is 25.5 Å². The molecule has 0 saturated carbocycles. The molecule has 1 aliphatic heterocycles. The molecule has 1 amide bonds. The minimum absolute atomic E-state index is 0.0263. The van der Waals surface area contributed by atoms with E-state index in [1.165, 1.54) is 7.11 Å². The largest absolute Gasteiger partial charge is 0.465 e. The fourth-order valence-corrected chi connectivity index (χ4v) is 2.65. The van der Waals surface area contributed by atoms with Crippen LogP contribution in [0.1, 0.15) is 21.5 Å². The number of esters is 1. The highest BCUT2D eigenvalue weighted by Crippen LogP contribution is 2.31. The number of benzene rings is 2. The van der Waals surface area contributed by atoms with Crippen LogP contribution in [0.4, 0.5) is 11.4 Å². The second kappa shape index (κ2) is 6.12. The number of methoxy groups -OCH3 is 1. The van der Waals surface area contributed by atoms with Crippen molar-refractivity contribution >= 4 is 23.3 Å². The van der Waals surface area contributed by atoms with E-state index in [1.54, 1.807) is 17.0 Å². The van der Waals surface area contributed by atoms with E-state index in [0.29, 0.717) is 12.1 Å². The predicted octanol–water partition coefficient (Wildman–Crippen LogP) is 2.74. The van der Waals surface area contributed by atoms with E-state index in [0.717, 1.165) is 22.5 Å². The molecule has 3 rings (SSSR count). The molecule has 0 atom stereocenters. The highest BCUT2D eigenvalue weighted by Gasteiger charge is 2.23. The topological polar surface area (TPSA) is 58.6 Å². The summed E-state index contributed by atoms with van der Waals surface area (Å²) in [6, 6.07) is 13.1.